The first-order valence-electron chi connectivity index (χ1n) is 5.49. The SMILES string of the molecule is CC(=O)N(C)C1(C(=O)O)CCN(C)C(C)C1. The van der Waals surface area contributed by atoms with E-state index in [1.54, 1.807) is 7.05 Å². The molecule has 1 amide bonds. The Morgan fingerprint density at radius 3 is 2.44 bits per heavy atom. The van der Waals surface area contributed by atoms with Crippen molar-refractivity contribution in [2.75, 3.05) is 20.6 Å². The lowest BCUT2D eigenvalue weighted by Gasteiger charge is -2.46. The van der Waals surface area contributed by atoms with Gasteiger partial charge in [0.05, 0.1) is 0 Å². The van der Waals surface area contributed by atoms with Gasteiger partial charge >= 0.3 is 5.97 Å². The number of carboxylic acid groups (broad SMARTS) is 1. The van der Waals surface area contributed by atoms with Crippen LogP contribution in [-0.2, 0) is 9.59 Å². The summed E-state index contributed by atoms with van der Waals surface area (Å²) in [6, 6.07) is 0.173. The minimum Gasteiger partial charge on any atom is -0.479 e. The van der Waals surface area contributed by atoms with E-state index in [0.717, 1.165) is 0 Å². The van der Waals surface area contributed by atoms with Crippen molar-refractivity contribution in [1.29, 1.82) is 0 Å². The molecule has 0 aliphatic carbocycles. The first-order valence-corrected chi connectivity index (χ1v) is 5.49. The highest BCUT2D eigenvalue weighted by Gasteiger charge is 2.47. The summed E-state index contributed by atoms with van der Waals surface area (Å²) in [6.07, 6.45) is 0.966. The van der Waals surface area contributed by atoms with Crippen LogP contribution >= 0.6 is 0 Å². The molecule has 2 atom stereocenters. The fourth-order valence-electron chi connectivity index (χ4n) is 2.27. The molecule has 1 N–H and O–H groups in total. The minimum absolute atomic E-state index is 0.173. The molecule has 1 saturated heterocycles. The maximum atomic E-state index is 11.5. The zero-order valence-corrected chi connectivity index (χ0v) is 10.4. The van der Waals surface area contributed by atoms with Crippen LogP contribution in [0.1, 0.15) is 26.7 Å². The second-order valence-corrected chi connectivity index (χ2v) is 4.70. The molecule has 5 nitrogen and oxygen atoms in total. The number of hydrogen-bond acceptors (Lipinski definition) is 3. The molecule has 16 heavy (non-hydrogen) atoms. The number of likely N-dealkylation sites (tertiary alicyclic amines) is 1. The van der Waals surface area contributed by atoms with Crippen molar-refractivity contribution in [2.24, 2.45) is 0 Å². The molecule has 0 aromatic rings. The van der Waals surface area contributed by atoms with Crippen molar-refractivity contribution < 1.29 is 14.7 Å². The summed E-state index contributed by atoms with van der Waals surface area (Å²) in [5.74, 6) is -1.09. The number of likely N-dealkylation sites (N-methyl/N-ethyl adjacent to an activating group) is 1. The summed E-state index contributed by atoms with van der Waals surface area (Å²) in [6.45, 7) is 4.10. The highest BCUT2D eigenvalue weighted by molar-refractivity contribution is 5.86. The van der Waals surface area contributed by atoms with Gasteiger partial charge in [0, 0.05) is 26.6 Å². The molecule has 5 heteroatoms. The van der Waals surface area contributed by atoms with Gasteiger partial charge in [-0.15, -0.1) is 0 Å². The van der Waals surface area contributed by atoms with E-state index in [2.05, 4.69) is 4.90 Å². The molecule has 0 aromatic carbocycles. The van der Waals surface area contributed by atoms with Crippen LogP contribution in [0.3, 0.4) is 0 Å². The second-order valence-electron chi connectivity index (χ2n) is 4.70. The lowest BCUT2D eigenvalue weighted by Crippen LogP contribution is -2.61. The van der Waals surface area contributed by atoms with Crippen LogP contribution in [0.15, 0.2) is 0 Å². The Morgan fingerprint density at radius 2 is 2.06 bits per heavy atom. The van der Waals surface area contributed by atoms with Crippen LogP contribution in [0.4, 0.5) is 0 Å². The molecule has 0 saturated carbocycles. The summed E-state index contributed by atoms with van der Waals surface area (Å²) in [4.78, 5) is 26.3. The van der Waals surface area contributed by atoms with E-state index in [1.165, 1.54) is 11.8 Å². The average molecular weight is 228 g/mol. The van der Waals surface area contributed by atoms with E-state index in [-0.39, 0.29) is 11.9 Å². The number of piperidine rings is 1. The number of carboxylic acids is 1. The molecule has 1 aliphatic rings. The molecular formula is C11H20N2O3. The maximum absolute atomic E-state index is 11.5. The molecule has 2 unspecified atom stereocenters. The highest BCUT2D eigenvalue weighted by atomic mass is 16.4. The zero-order chi connectivity index (χ0) is 12.5. The van der Waals surface area contributed by atoms with Crippen molar-refractivity contribution >= 4 is 11.9 Å². The molecule has 1 rings (SSSR count). The Morgan fingerprint density at radius 1 is 1.50 bits per heavy atom. The van der Waals surface area contributed by atoms with Crippen LogP contribution in [0.25, 0.3) is 0 Å². The van der Waals surface area contributed by atoms with E-state index in [0.29, 0.717) is 19.4 Å². The first-order chi connectivity index (χ1) is 7.31. The Kier molecular flexibility index (Phi) is 3.57. The van der Waals surface area contributed by atoms with Crippen molar-refractivity contribution in [3.8, 4) is 0 Å². The lowest BCUT2D eigenvalue weighted by molar-refractivity contribution is -0.161. The number of rotatable bonds is 2. The molecule has 0 bridgehead atoms. The quantitative estimate of drug-likeness (QED) is 0.743. The zero-order valence-electron chi connectivity index (χ0n) is 10.4. The van der Waals surface area contributed by atoms with E-state index >= 15 is 0 Å². The van der Waals surface area contributed by atoms with Gasteiger partial charge in [-0.3, -0.25) is 4.79 Å². The Bertz CT molecular complexity index is 306. The van der Waals surface area contributed by atoms with Crippen molar-refractivity contribution in [1.82, 2.24) is 9.80 Å². The summed E-state index contributed by atoms with van der Waals surface area (Å²) in [5, 5.41) is 9.40. The van der Waals surface area contributed by atoms with Crippen molar-refractivity contribution in [3.05, 3.63) is 0 Å². The molecule has 1 fully saturated rings. The minimum atomic E-state index is -1.03. The average Bonchev–Trinajstić information content (AvgIpc) is 2.20. The summed E-state index contributed by atoms with van der Waals surface area (Å²) >= 11 is 0. The van der Waals surface area contributed by atoms with Gasteiger partial charge in [-0.05, 0) is 26.8 Å². The molecule has 0 aromatic heterocycles. The third-order valence-corrected chi connectivity index (χ3v) is 3.78. The van der Waals surface area contributed by atoms with Gasteiger partial charge in [0.1, 0.15) is 5.54 Å². The van der Waals surface area contributed by atoms with Crippen LogP contribution in [0.5, 0.6) is 0 Å². The van der Waals surface area contributed by atoms with Crippen LogP contribution in [-0.4, -0.2) is 59.0 Å². The fraction of sp³-hybridized carbons (Fsp3) is 0.818. The Balaban J connectivity index is 2.99. The van der Waals surface area contributed by atoms with Gasteiger partial charge in [-0.1, -0.05) is 0 Å². The van der Waals surface area contributed by atoms with E-state index in [1.807, 2.05) is 14.0 Å². The van der Waals surface area contributed by atoms with Gasteiger partial charge in [0.2, 0.25) is 5.91 Å². The maximum Gasteiger partial charge on any atom is 0.329 e. The van der Waals surface area contributed by atoms with Crippen molar-refractivity contribution in [2.45, 2.75) is 38.3 Å². The smallest absolute Gasteiger partial charge is 0.329 e. The predicted molar refractivity (Wildman–Crippen MR) is 60.1 cm³/mol. The normalized spacial score (nSPS) is 31.1. The van der Waals surface area contributed by atoms with Gasteiger partial charge in [0.25, 0.3) is 0 Å². The molecular weight excluding hydrogens is 208 g/mol. The number of hydrogen-bond donors (Lipinski definition) is 1. The summed E-state index contributed by atoms with van der Waals surface area (Å²) < 4.78 is 0. The Labute approximate surface area is 96.0 Å². The number of carbonyl (C=O) groups excluding carboxylic acids is 1. The number of nitrogens with zero attached hydrogens (tertiary/aromatic N) is 2. The van der Waals surface area contributed by atoms with Crippen LogP contribution in [0.2, 0.25) is 0 Å². The third-order valence-electron chi connectivity index (χ3n) is 3.78. The summed E-state index contributed by atoms with van der Waals surface area (Å²) in [7, 11) is 3.55. The fourth-order valence-corrected chi connectivity index (χ4v) is 2.27. The van der Waals surface area contributed by atoms with Gasteiger partial charge in [-0.25, -0.2) is 4.79 Å². The summed E-state index contributed by atoms with van der Waals surface area (Å²) in [5.41, 5.74) is -1.03. The molecule has 92 valence electrons. The lowest BCUT2D eigenvalue weighted by atomic mass is 9.82. The van der Waals surface area contributed by atoms with Gasteiger partial charge in [0.15, 0.2) is 0 Å². The highest BCUT2D eigenvalue weighted by Crippen LogP contribution is 2.31. The number of carbonyl (C=O) groups is 2. The Hall–Kier alpha value is -1.10. The molecule has 1 aliphatic heterocycles. The standard InChI is InChI=1S/C11H20N2O3/c1-8-7-11(10(15)16,5-6-12(8)3)13(4)9(2)14/h8H,5-7H2,1-4H3,(H,15,16). The van der Waals surface area contributed by atoms with Crippen LogP contribution in [0, 0.1) is 0 Å². The second kappa shape index (κ2) is 4.41. The van der Waals surface area contributed by atoms with E-state index < -0.39 is 11.5 Å². The molecule has 0 radical (unpaired) electrons. The number of amides is 1. The van der Waals surface area contributed by atoms with Crippen molar-refractivity contribution in [3.63, 3.8) is 0 Å². The van der Waals surface area contributed by atoms with E-state index in [9.17, 15) is 14.7 Å². The third kappa shape index (κ3) is 2.04. The van der Waals surface area contributed by atoms with Gasteiger partial charge in [-0.2, -0.15) is 0 Å². The monoisotopic (exact) mass is 228 g/mol. The van der Waals surface area contributed by atoms with Gasteiger partial charge < -0.3 is 14.9 Å². The van der Waals surface area contributed by atoms with E-state index in [4.69, 9.17) is 0 Å². The topological polar surface area (TPSA) is 60.9 Å². The molecule has 0 spiro atoms. The van der Waals surface area contributed by atoms with Crippen LogP contribution < -0.4 is 0 Å². The number of aliphatic carboxylic acids is 1. The largest absolute Gasteiger partial charge is 0.479 e. The molecule has 1 heterocycles. The predicted octanol–water partition coefficient (Wildman–Crippen LogP) is 0.402. The first kappa shape index (κ1) is 13.0.